The Balaban J connectivity index is 2.93. The van der Waals surface area contributed by atoms with Crippen molar-refractivity contribution in [3.8, 4) is 0 Å². The summed E-state index contributed by atoms with van der Waals surface area (Å²) in [5.74, 6) is 0. The van der Waals surface area contributed by atoms with Crippen molar-refractivity contribution in [1.82, 2.24) is 9.78 Å². The highest BCUT2D eigenvalue weighted by molar-refractivity contribution is 6.30. The van der Waals surface area contributed by atoms with Gasteiger partial charge in [-0.3, -0.25) is 4.68 Å². The molecule has 0 saturated heterocycles. The van der Waals surface area contributed by atoms with E-state index >= 15 is 0 Å². The van der Waals surface area contributed by atoms with Gasteiger partial charge in [0.05, 0.1) is 5.69 Å². The fourth-order valence-corrected chi connectivity index (χ4v) is 2.41. The Hall–Kier alpha value is -0.540. The Bertz CT molecular complexity index is 359. The second-order valence-electron chi connectivity index (χ2n) is 4.92. The fraction of sp³-hybridized carbons (Fsp3) is 0.750. The maximum absolute atomic E-state index is 6.24. The zero-order chi connectivity index (χ0) is 12.3. The molecule has 1 rings (SSSR count). The molecule has 1 heterocycles. The van der Waals surface area contributed by atoms with Crippen LogP contribution in [0.15, 0.2) is 0 Å². The number of aryl methyl sites for hydroxylation is 2. The molecule has 0 bridgehead atoms. The van der Waals surface area contributed by atoms with Crippen LogP contribution in [0.2, 0.25) is 5.15 Å². The van der Waals surface area contributed by atoms with Crippen molar-refractivity contribution < 1.29 is 0 Å². The molecule has 2 N–H and O–H groups in total. The van der Waals surface area contributed by atoms with Crippen molar-refractivity contribution in [2.24, 2.45) is 18.2 Å². The number of hydrogen-bond acceptors (Lipinski definition) is 2. The van der Waals surface area contributed by atoms with Gasteiger partial charge in [-0.1, -0.05) is 31.9 Å². The standard InChI is InChI=1S/C12H22ClN3/c1-5-6-12(3,8-14)7-10-9(2)15-16(4)11(10)13/h5-8,14H2,1-4H3. The van der Waals surface area contributed by atoms with E-state index in [4.69, 9.17) is 17.3 Å². The van der Waals surface area contributed by atoms with Gasteiger partial charge in [-0.25, -0.2) is 0 Å². The van der Waals surface area contributed by atoms with Crippen LogP contribution >= 0.6 is 11.6 Å². The van der Waals surface area contributed by atoms with Crippen LogP contribution in [-0.4, -0.2) is 16.3 Å². The van der Waals surface area contributed by atoms with E-state index in [0.29, 0.717) is 6.54 Å². The van der Waals surface area contributed by atoms with Crippen LogP contribution in [0.3, 0.4) is 0 Å². The Kier molecular flexibility index (Phi) is 4.39. The molecular weight excluding hydrogens is 222 g/mol. The van der Waals surface area contributed by atoms with Gasteiger partial charge in [0.2, 0.25) is 0 Å². The Morgan fingerprint density at radius 1 is 1.50 bits per heavy atom. The average molecular weight is 244 g/mol. The van der Waals surface area contributed by atoms with Crippen LogP contribution in [0.25, 0.3) is 0 Å². The Labute approximate surface area is 103 Å². The number of nitrogens with two attached hydrogens (primary N) is 1. The summed E-state index contributed by atoms with van der Waals surface area (Å²) in [5.41, 5.74) is 8.17. The van der Waals surface area contributed by atoms with E-state index in [1.807, 2.05) is 14.0 Å². The smallest absolute Gasteiger partial charge is 0.130 e. The van der Waals surface area contributed by atoms with Crippen LogP contribution in [0.4, 0.5) is 0 Å². The molecule has 0 amide bonds. The summed E-state index contributed by atoms with van der Waals surface area (Å²) < 4.78 is 1.73. The monoisotopic (exact) mass is 243 g/mol. The van der Waals surface area contributed by atoms with Crippen LogP contribution in [-0.2, 0) is 13.5 Å². The summed E-state index contributed by atoms with van der Waals surface area (Å²) in [5, 5.41) is 5.08. The minimum atomic E-state index is 0.131. The van der Waals surface area contributed by atoms with Crippen molar-refractivity contribution in [2.75, 3.05) is 6.54 Å². The first-order valence-corrected chi connectivity index (χ1v) is 6.19. The normalized spacial score (nSPS) is 15.1. The first kappa shape index (κ1) is 13.5. The molecule has 0 aromatic carbocycles. The van der Waals surface area contributed by atoms with Crippen molar-refractivity contribution >= 4 is 11.6 Å². The third-order valence-corrected chi connectivity index (χ3v) is 3.69. The molecule has 1 aromatic heterocycles. The molecule has 92 valence electrons. The van der Waals surface area contributed by atoms with Gasteiger partial charge in [-0.05, 0) is 31.7 Å². The molecule has 3 nitrogen and oxygen atoms in total. The second-order valence-corrected chi connectivity index (χ2v) is 5.28. The molecule has 0 aliphatic heterocycles. The molecule has 1 unspecified atom stereocenters. The lowest BCUT2D eigenvalue weighted by atomic mass is 9.80. The van der Waals surface area contributed by atoms with Crippen molar-refractivity contribution in [3.63, 3.8) is 0 Å². The minimum absolute atomic E-state index is 0.131. The third-order valence-electron chi connectivity index (χ3n) is 3.22. The molecule has 0 fully saturated rings. The molecule has 0 saturated carbocycles. The predicted octanol–water partition coefficient (Wildman–Crippen LogP) is 2.69. The topological polar surface area (TPSA) is 43.8 Å². The second kappa shape index (κ2) is 5.19. The largest absolute Gasteiger partial charge is 0.330 e. The zero-order valence-electron chi connectivity index (χ0n) is 10.7. The maximum atomic E-state index is 6.24. The lowest BCUT2D eigenvalue weighted by Gasteiger charge is -2.27. The summed E-state index contributed by atoms with van der Waals surface area (Å²) in [6.07, 6.45) is 3.18. The van der Waals surface area contributed by atoms with Gasteiger partial charge < -0.3 is 5.73 Å². The maximum Gasteiger partial charge on any atom is 0.130 e. The van der Waals surface area contributed by atoms with E-state index in [0.717, 1.165) is 35.7 Å². The highest BCUT2D eigenvalue weighted by Crippen LogP contribution is 2.31. The van der Waals surface area contributed by atoms with Gasteiger partial charge in [0.15, 0.2) is 0 Å². The van der Waals surface area contributed by atoms with Gasteiger partial charge >= 0.3 is 0 Å². The SMILES string of the molecule is CCCC(C)(CN)Cc1c(C)nn(C)c1Cl. The van der Waals surface area contributed by atoms with Gasteiger partial charge in [0, 0.05) is 12.6 Å². The van der Waals surface area contributed by atoms with E-state index in [1.54, 1.807) is 4.68 Å². The number of halogens is 1. The van der Waals surface area contributed by atoms with Crippen molar-refractivity contribution in [2.45, 2.75) is 40.0 Å². The number of rotatable bonds is 5. The molecule has 0 radical (unpaired) electrons. The lowest BCUT2D eigenvalue weighted by Crippen LogP contribution is -2.29. The van der Waals surface area contributed by atoms with Crippen LogP contribution in [0.5, 0.6) is 0 Å². The molecule has 0 aliphatic carbocycles. The van der Waals surface area contributed by atoms with E-state index in [-0.39, 0.29) is 5.41 Å². The zero-order valence-corrected chi connectivity index (χ0v) is 11.4. The minimum Gasteiger partial charge on any atom is -0.330 e. The summed E-state index contributed by atoms with van der Waals surface area (Å²) in [7, 11) is 1.87. The quantitative estimate of drug-likeness (QED) is 0.864. The van der Waals surface area contributed by atoms with E-state index in [1.165, 1.54) is 0 Å². The van der Waals surface area contributed by atoms with Crippen LogP contribution < -0.4 is 5.73 Å². The molecule has 0 aliphatic rings. The summed E-state index contributed by atoms with van der Waals surface area (Å²) in [6, 6.07) is 0. The molecule has 1 atom stereocenters. The van der Waals surface area contributed by atoms with Gasteiger partial charge in [-0.2, -0.15) is 5.10 Å². The molecular formula is C12H22ClN3. The first-order valence-electron chi connectivity index (χ1n) is 5.81. The van der Waals surface area contributed by atoms with Crippen LogP contribution in [0, 0.1) is 12.3 Å². The van der Waals surface area contributed by atoms with E-state index in [9.17, 15) is 0 Å². The average Bonchev–Trinajstić information content (AvgIpc) is 2.46. The first-order chi connectivity index (χ1) is 7.43. The van der Waals surface area contributed by atoms with Crippen LogP contribution in [0.1, 0.15) is 37.9 Å². The van der Waals surface area contributed by atoms with E-state index in [2.05, 4.69) is 18.9 Å². The number of aromatic nitrogens is 2. The highest BCUT2D eigenvalue weighted by Gasteiger charge is 2.25. The van der Waals surface area contributed by atoms with E-state index < -0.39 is 0 Å². The fourth-order valence-electron chi connectivity index (χ4n) is 2.17. The highest BCUT2D eigenvalue weighted by atomic mass is 35.5. The van der Waals surface area contributed by atoms with Gasteiger partial charge in [0.25, 0.3) is 0 Å². The molecule has 4 heteroatoms. The predicted molar refractivity (Wildman–Crippen MR) is 68.7 cm³/mol. The Morgan fingerprint density at radius 3 is 2.50 bits per heavy atom. The van der Waals surface area contributed by atoms with Gasteiger partial charge in [0.1, 0.15) is 5.15 Å². The summed E-state index contributed by atoms with van der Waals surface area (Å²) >= 11 is 6.24. The molecule has 16 heavy (non-hydrogen) atoms. The molecule has 0 spiro atoms. The summed E-state index contributed by atoms with van der Waals surface area (Å²) in [4.78, 5) is 0. The Morgan fingerprint density at radius 2 is 2.12 bits per heavy atom. The lowest BCUT2D eigenvalue weighted by molar-refractivity contribution is 0.302. The number of nitrogens with zero attached hydrogens (tertiary/aromatic N) is 2. The third kappa shape index (κ3) is 2.77. The van der Waals surface area contributed by atoms with Crippen molar-refractivity contribution in [1.29, 1.82) is 0 Å². The molecule has 1 aromatic rings. The summed E-state index contributed by atoms with van der Waals surface area (Å²) in [6.45, 7) is 7.10. The van der Waals surface area contributed by atoms with Gasteiger partial charge in [-0.15, -0.1) is 0 Å². The number of hydrogen-bond donors (Lipinski definition) is 1. The van der Waals surface area contributed by atoms with Crippen molar-refractivity contribution in [3.05, 3.63) is 16.4 Å².